The van der Waals surface area contributed by atoms with Crippen LogP contribution >= 0.6 is 0 Å². The first-order valence-corrected chi connectivity index (χ1v) is 55.3. The zero-order valence-corrected chi connectivity index (χ0v) is 105. The molecule has 790 valence electrons. The van der Waals surface area contributed by atoms with Gasteiger partial charge in [0.2, 0.25) is 0 Å². The van der Waals surface area contributed by atoms with Crippen LogP contribution in [0.15, 0.2) is 285 Å². The summed E-state index contributed by atoms with van der Waals surface area (Å²) in [5.74, 6) is 0. The fourth-order valence-corrected chi connectivity index (χ4v) is 9.59. The standard InChI is InChI=1S/4C14H14.C9H12.3C8H10.24C2H6/c1-11-3-7-13(8-4-11)14-9-5-12(2)6-10-14;1-11-5-3-7-13(9-11)14-8-4-6-12(2)10-14;2*1-11-6-8-13(9-7-11)14-5-3-4-12(2)10-14;1-7-4-8(2)6-9(3)5-7;1-7-3-5-8(2)6-4-7;1-7-4-3-5-8(2)6-7;1-7-5-3-4-6-8(7)2;24*1-2/h4*3-10H,1-2H3;4-6H,1-3H3;3*3-6H,1-2H3;24*1-2H3. The average molecular weight is 1890 g/mol. The lowest BCUT2D eigenvalue weighted by Crippen LogP contribution is -1.80. The van der Waals surface area contributed by atoms with Crippen LogP contribution in [0.4, 0.5) is 0 Å². The van der Waals surface area contributed by atoms with Gasteiger partial charge in [0.25, 0.3) is 0 Å². The third-order valence-corrected chi connectivity index (χ3v) is 14.8. The third-order valence-electron chi connectivity index (χ3n) is 14.8. The molecule has 0 radical (unpaired) electrons. The molecular formula is C137H242. The minimum Gasteiger partial charge on any atom is -0.0683 e. The lowest BCUT2D eigenvalue weighted by Gasteiger charge is -2.03. The molecule has 0 saturated heterocycles. The predicted molar refractivity (Wildman–Crippen MR) is 666 cm³/mol. The van der Waals surface area contributed by atoms with Gasteiger partial charge in [-0.15, -0.1) is 0 Å². The van der Waals surface area contributed by atoms with Gasteiger partial charge < -0.3 is 0 Å². The highest BCUT2D eigenvalue weighted by Crippen LogP contribution is 2.24. The Morgan fingerprint density at radius 1 is 0.0803 bits per heavy atom. The normalized spacial score (nSPS) is 7.45. The second kappa shape index (κ2) is 158. The summed E-state index contributed by atoms with van der Waals surface area (Å²) < 4.78 is 0. The van der Waals surface area contributed by atoms with Crippen LogP contribution in [0.1, 0.15) is 427 Å². The SMILES string of the molecule is CC.CC.CC.CC.CC.CC.CC.CC.CC.CC.CC.CC.CC.CC.CC.CC.CC.CC.CC.CC.CC.CC.CC.CC.Cc1cc(C)cc(C)c1.Cc1ccc(-c2ccc(C)cc2)cc1.Cc1ccc(-c2cccc(C)c2)cc1.Cc1ccc(-c2cccc(C)c2)cc1.Cc1ccc(C)cc1.Cc1cccc(-c2cccc(C)c2)c1.Cc1cccc(C)c1.Cc1ccccc1C. The maximum atomic E-state index is 2.22. The molecule has 0 heteroatoms. The lowest BCUT2D eigenvalue weighted by molar-refractivity contribution is 1.32. The molecule has 0 bridgehead atoms. The molecule has 0 unspecified atom stereocenters. The van der Waals surface area contributed by atoms with Crippen molar-refractivity contribution in [3.05, 3.63) is 380 Å². The molecule has 0 nitrogen and oxygen atoms in total. The highest BCUT2D eigenvalue weighted by molar-refractivity contribution is 5.67. The quantitative estimate of drug-likeness (QED) is 0.165. The van der Waals surface area contributed by atoms with Crippen molar-refractivity contribution in [2.45, 2.75) is 450 Å². The highest BCUT2D eigenvalue weighted by atomic mass is 14.1. The molecule has 137 heavy (non-hydrogen) atoms. The van der Waals surface area contributed by atoms with Gasteiger partial charge in [0.15, 0.2) is 0 Å². The number of aryl methyl sites for hydroxylation is 17. The molecule has 12 rings (SSSR count). The summed E-state index contributed by atoms with van der Waals surface area (Å²) in [4.78, 5) is 0. The zero-order chi connectivity index (χ0) is 113. The summed E-state index contributed by atoms with van der Waals surface area (Å²) in [5.41, 5.74) is 32.9. The molecule has 0 fully saturated rings. The molecule has 0 aliphatic carbocycles. The second-order valence-corrected chi connectivity index (χ2v) is 24.0. The summed E-state index contributed by atoms with van der Waals surface area (Å²) in [6.45, 7) is 132. The van der Waals surface area contributed by atoms with Crippen LogP contribution in [0.5, 0.6) is 0 Å². The van der Waals surface area contributed by atoms with Gasteiger partial charge in [0.1, 0.15) is 0 Å². The molecule has 0 spiro atoms. The van der Waals surface area contributed by atoms with E-state index in [0.29, 0.717) is 0 Å². The van der Waals surface area contributed by atoms with Crippen LogP contribution in [0.2, 0.25) is 0 Å². The van der Waals surface area contributed by atoms with E-state index >= 15 is 0 Å². The first-order chi connectivity index (χ1) is 66.6. The molecule has 0 aromatic heterocycles. The molecule has 12 aromatic rings. The maximum Gasteiger partial charge on any atom is -0.0181 e. The van der Waals surface area contributed by atoms with E-state index in [1.54, 1.807) is 0 Å². The van der Waals surface area contributed by atoms with E-state index in [2.05, 4.69) is 403 Å². The minimum atomic E-state index is 1.29. The Bertz CT molecular complexity index is 3680. The molecular weight excluding hydrogens is 1650 g/mol. The Morgan fingerprint density at radius 2 is 0.190 bits per heavy atom. The van der Waals surface area contributed by atoms with Crippen molar-refractivity contribution in [3.63, 3.8) is 0 Å². The number of benzene rings is 12. The van der Waals surface area contributed by atoms with Crippen molar-refractivity contribution >= 4 is 0 Å². The second-order valence-electron chi connectivity index (χ2n) is 24.0. The van der Waals surface area contributed by atoms with Gasteiger partial charge in [0.05, 0.1) is 0 Å². The highest BCUT2D eigenvalue weighted by Gasteiger charge is 2.01. The molecule has 0 amide bonds. The molecule has 0 N–H and O–H groups in total. The topological polar surface area (TPSA) is 0 Å². The van der Waals surface area contributed by atoms with E-state index in [0.717, 1.165) is 0 Å². The van der Waals surface area contributed by atoms with Crippen molar-refractivity contribution in [1.82, 2.24) is 0 Å². The van der Waals surface area contributed by atoms with E-state index in [1.165, 1.54) is 139 Å². The van der Waals surface area contributed by atoms with Gasteiger partial charge in [-0.2, -0.15) is 0 Å². The average Bonchev–Trinajstić information content (AvgIpc) is 0.847. The Balaban J connectivity index is -0.0000000599. The van der Waals surface area contributed by atoms with Crippen molar-refractivity contribution in [1.29, 1.82) is 0 Å². The summed E-state index contributed by atoms with van der Waals surface area (Å²) in [6.07, 6.45) is 0. The number of rotatable bonds is 4. The van der Waals surface area contributed by atoms with Gasteiger partial charge >= 0.3 is 0 Å². The molecule has 0 aliphatic heterocycles. The molecule has 12 aromatic carbocycles. The smallest absolute Gasteiger partial charge is 0.0181 e. The van der Waals surface area contributed by atoms with E-state index in [1.807, 2.05) is 332 Å². The predicted octanol–water partition coefficient (Wildman–Crippen LogP) is 50.0. The fourth-order valence-electron chi connectivity index (χ4n) is 9.59. The van der Waals surface area contributed by atoms with Gasteiger partial charge in [-0.1, -0.05) is 701 Å². The van der Waals surface area contributed by atoms with Crippen molar-refractivity contribution in [2.24, 2.45) is 0 Å². The Morgan fingerprint density at radius 3 is 0.314 bits per heavy atom. The monoisotopic (exact) mass is 1890 g/mol. The van der Waals surface area contributed by atoms with E-state index < -0.39 is 0 Å². The molecule has 0 heterocycles. The molecule has 0 atom stereocenters. The first-order valence-electron chi connectivity index (χ1n) is 55.3. The molecule has 0 aliphatic rings. The minimum absolute atomic E-state index is 1.29. The lowest BCUT2D eigenvalue weighted by atomic mass is 10.0. The van der Waals surface area contributed by atoms with Crippen LogP contribution in [-0.2, 0) is 0 Å². The van der Waals surface area contributed by atoms with Gasteiger partial charge in [-0.25, -0.2) is 0 Å². The Labute approximate surface area is 868 Å². The van der Waals surface area contributed by atoms with Crippen LogP contribution in [0.25, 0.3) is 44.5 Å². The maximum absolute atomic E-state index is 2.22. The number of hydrogen-bond acceptors (Lipinski definition) is 0. The van der Waals surface area contributed by atoms with Gasteiger partial charge in [0, 0.05) is 0 Å². The van der Waals surface area contributed by atoms with Gasteiger partial charge in [-0.3, -0.25) is 0 Å². The van der Waals surface area contributed by atoms with Crippen molar-refractivity contribution in [3.8, 4) is 44.5 Å². The summed E-state index contributed by atoms with van der Waals surface area (Å²) in [7, 11) is 0. The van der Waals surface area contributed by atoms with Crippen LogP contribution < -0.4 is 0 Å². The Hall–Kier alpha value is -9.36. The van der Waals surface area contributed by atoms with Crippen LogP contribution in [0, 0.1) is 118 Å². The van der Waals surface area contributed by atoms with Crippen LogP contribution in [-0.4, -0.2) is 0 Å². The first kappa shape index (κ1) is 177. The van der Waals surface area contributed by atoms with E-state index in [4.69, 9.17) is 0 Å². The Kier molecular flexibility index (Phi) is 203. The summed E-state index contributed by atoms with van der Waals surface area (Å²) in [5, 5.41) is 0. The zero-order valence-electron chi connectivity index (χ0n) is 105. The fraction of sp³-hybridized carbons (Fsp3) is 0.474. The molecule has 0 saturated carbocycles. The summed E-state index contributed by atoms with van der Waals surface area (Å²) in [6, 6.07) is 101. The van der Waals surface area contributed by atoms with E-state index in [-0.39, 0.29) is 0 Å². The summed E-state index contributed by atoms with van der Waals surface area (Å²) >= 11 is 0. The van der Waals surface area contributed by atoms with Gasteiger partial charge in [-0.05, 0) is 173 Å². The van der Waals surface area contributed by atoms with Crippen molar-refractivity contribution < 1.29 is 0 Å². The third kappa shape index (κ3) is 117. The largest absolute Gasteiger partial charge is 0.0683 e. The van der Waals surface area contributed by atoms with Crippen LogP contribution in [0.3, 0.4) is 0 Å². The van der Waals surface area contributed by atoms with E-state index in [9.17, 15) is 0 Å². The van der Waals surface area contributed by atoms with Crippen molar-refractivity contribution in [2.75, 3.05) is 0 Å². The number of hydrogen-bond donors (Lipinski definition) is 0.